The Labute approximate surface area is 222 Å². The van der Waals surface area contributed by atoms with Crippen LogP contribution in [-0.4, -0.2) is 53.7 Å². The summed E-state index contributed by atoms with van der Waals surface area (Å²) in [5.41, 5.74) is -0.471. The van der Waals surface area contributed by atoms with E-state index in [9.17, 15) is 24.0 Å². The van der Waals surface area contributed by atoms with Crippen LogP contribution in [0.4, 0.5) is 0 Å². The van der Waals surface area contributed by atoms with Crippen LogP contribution in [0.1, 0.15) is 36.7 Å². The third kappa shape index (κ3) is 7.11. The lowest BCUT2D eigenvalue weighted by Gasteiger charge is -2.29. The summed E-state index contributed by atoms with van der Waals surface area (Å²) in [7, 11) is 0. The van der Waals surface area contributed by atoms with Gasteiger partial charge in [0.15, 0.2) is 12.1 Å². The number of esters is 3. The normalized spacial score (nSPS) is 22.2. The molecule has 12 heteroatoms. The van der Waals surface area contributed by atoms with Crippen molar-refractivity contribution in [2.45, 2.75) is 45.4 Å². The summed E-state index contributed by atoms with van der Waals surface area (Å²) in [6.07, 6.45) is -2.07. The molecule has 198 valence electrons. The van der Waals surface area contributed by atoms with E-state index in [1.54, 1.807) is 38.1 Å². The SMILES string of the molecule is CC(C)C(=O)O[C@H]1[C@H](C)OC(=O)[C@@H](NC(=O)c2cc(Cl)c(Cl)[nH]c2=O)COC(=O)[C@@H]1Cc1ccccc1. The first-order chi connectivity index (χ1) is 17.5. The van der Waals surface area contributed by atoms with Crippen LogP contribution in [0.15, 0.2) is 41.2 Å². The minimum Gasteiger partial charge on any atom is -0.463 e. The maximum atomic E-state index is 13.2. The predicted molar refractivity (Wildman–Crippen MR) is 133 cm³/mol. The third-order valence-electron chi connectivity index (χ3n) is 5.66. The van der Waals surface area contributed by atoms with Crippen molar-refractivity contribution in [3.8, 4) is 0 Å². The number of cyclic esters (lactones) is 2. The lowest BCUT2D eigenvalue weighted by molar-refractivity contribution is -0.176. The number of hydrogen-bond acceptors (Lipinski definition) is 8. The molecule has 1 aliphatic rings. The highest BCUT2D eigenvalue weighted by Crippen LogP contribution is 2.25. The molecule has 2 heterocycles. The van der Waals surface area contributed by atoms with Crippen molar-refractivity contribution in [3.05, 3.63) is 68.1 Å². The minimum atomic E-state index is -1.45. The van der Waals surface area contributed by atoms with Gasteiger partial charge in [-0.05, 0) is 25.0 Å². The molecule has 1 amide bonds. The van der Waals surface area contributed by atoms with Crippen molar-refractivity contribution in [2.75, 3.05) is 6.61 Å². The fourth-order valence-electron chi connectivity index (χ4n) is 3.64. The zero-order valence-electron chi connectivity index (χ0n) is 20.3. The van der Waals surface area contributed by atoms with E-state index in [4.69, 9.17) is 37.4 Å². The molecule has 0 radical (unpaired) electrons. The molecule has 1 aromatic carbocycles. The summed E-state index contributed by atoms with van der Waals surface area (Å²) in [6.45, 7) is 4.17. The van der Waals surface area contributed by atoms with Crippen LogP contribution in [0, 0.1) is 11.8 Å². The largest absolute Gasteiger partial charge is 0.463 e. The van der Waals surface area contributed by atoms with E-state index >= 15 is 0 Å². The number of H-pyrrole nitrogens is 1. The van der Waals surface area contributed by atoms with E-state index in [0.29, 0.717) is 0 Å². The number of carbonyl (C=O) groups excluding carboxylic acids is 4. The highest BCUT2D eigenvalue weighted by molar-refractivity contribution is 6.41. The summed E-state index contributed by atoms with van der Waals surface area (Å²) in [5.74, 6) is -4.74. The molecule has 3 rings (SSSR count). The zero-order valence-corrected chi connectivity index (χ0v) is 21.8. The number of aromatic nitrogens is 1. The first-order valence-corrected chi connectivity index (χ1v) is 12.2. The van der Waals surface area contributed by atoms with Gasteiger partial charge in [0, 0.05) is 0 Å². The second-order valence-corrected chi connectivity index (χ2v) is 9.61. The average Bonchev–Trinajstić information content (AvgIpc) is 2.88. The smallest absolute Gasteiger partial charge is 0.332 e. The Bertz CT molecular complexity index is 1230. The molecule has 1 fully saturated rings. The van der Waals surface area contributed by atoms with Crippen LogP contribution in [0.5, 0.6) is 0 Å². The quantitative estimate of drug-likeness (QED) is 0.316. The maximum absolute atomic E-state index is 13.2. The summed E-state index contributed by atoms with van der Waals surface area (Å²) >= 11 is 11.6. The minimum absolute atomic E-state index is 0.0814. The van der Waals surface area contributed by atoms with E-state index in [1.807, 2.05) is 6.07 Å². The van der Waals surface area contributed by atoms with Gasteiger partial charge in [-0.25, -0.2) is 4.79 Å². The van der Waals surface area contributed by atoms with Crippen molar-refractivity contribution in [1.29, 1.82) is 0 Å². The van der Waals surface area contributed by atoms with Crippen molar-refractivity contribution < 1.29 is 33.4 Å². The van der Waals surface area contributed by atoms with Gasteiger partial charge in [0.05, 0.1) is 10.9 Å². The molecule has 0 unspecified atom stereocenters. The Hall–Kier alpha value is -3.37. The highest BCUT2D eigenvalue weighted by atomic mass is 35.5. The molecular weight excluding hydrogens is 527 g/mol. The molecule has 10 nitrogen and oxygen atoms in total. The Morgan fingerprint density at radius 3 is 2.46 bits per heavy atom. The molecule has 0 saturated carbocycles. The number of hydrogen-bond donors (Lipinski definition) is 2. The Morgan fingerprint density at radius 2 is 1.81 bits per heavy atom. The molecular formula is C25H26Cl2N2O8. The Kier molecular flexibility index (Phi) is 9.34. The summed E-state index contributed by atoms with van der Waals surface area (Å²) in [6, 6.07) is 8.60. The number of benzene rings is 1. The number of amides is 1. The molecule has 37 heavy (non-hydrogen) atoms. The second-order valence-electron chi connectivity index (χ2n) is 8.82. The van der Waals surface area contributed by atoms with Crippen molar-refractivity contribution in [1.82, 2.24) is 10.3 Å². The molecule has 1 aliphatic heterocycles. The molecule has 0 aliphatic carbocycles. The number of rotatable bonds is 6. The lowest BCUT2D eigenvalue weighted by atomic mass is 9.91. The summed E-state index contributed by atoms with van der Waals surface area (Å²) in [5, 5.41) is 2.09. The van der Waals surface area contributed by atoms with Gasteiger partial charge in [0.25, 0.3) is 11.5 Å². The van der Waals surface area contributed by atoms with Crippen molar-refractivity contribution >= 4 is 47.0 Å². The summed E-state index contributed by atoms with van der Waals surface area (Å²) < 4.78 is 16.5. The molecule has 2 aromatic rings. The molecule has 1 aromatic heterocycles. The number of pyridine rings is 1. The fourth-order valence-corrected chi connectivity index (χ4v) is 3.93. The van der Waals surface area contributed by atoms with Crippen molar-refractivity contribution in [3.63, 3.8) is 0 Å². The second kappa shape index (κ2) is 12.2. The van der Waals surface area contributed by atoms with Crippen LogP contribution >= 0.6 is 23.2 Å². The van der Waals surface area contributed by atoms with E-state index in [1.165, 1.54) is 6.92 Å². The maximum Gasteiger partial charge on any atom is 0.332 e. The molecule has 0 bridgehead atoms. The predicted octanol–water partition coefficient (Wildman–Crippen LogP) is 2.70. The van der Waals surface area contributed by atoms with Crippen LogP contribution in [0.3, 0.4) is 0 Å². The molecule has 1 saturated heterocycles. The van der Waals surface area contributed by atoms with Gasteiger partial charge in [0.2, 0.25) is 0 Å². The van der Waals surface area contributed by atoms with Gasteiger partial charge in [-0.1, -0.05) is 67.4 Å². The van der Waals surface area contributed by atoms with Crippen LogP contribution < -0.4 is 10.9 Å². The standard InChI is InChI=1S/C25H26Cl2N2O8/c1-12(2)23(32)37-19-13(3)36-25(34)18(28-21(30)16-10-17(26)20(27)29-22(16)31)11-35-24(33)15(19)9-14-7-5-4-6-8-14/h4-8,10,12-13,15,18-19H,9,11H2,1-3H3,(H,28,30)(H,29,31)/t13-,15+,18-,19-/m0/s1. The fraction of sp³-hybridized carbons (Fsp3) is 0.400. The van der Waals surface area contributed by atoms with E-state index < -0.39 is 71.6 Å². The monoisotopic (exact) mass is 552 g/mol. The molecule has 0 spiro atoms. The van der Waals surface area contributed by atoms with Crippen LogP contribution in [0.25, 0.3) is 0 Å². The van der Waals surface area contributed by atoms with Gasteiger partial charge in [0.1, 0.15) is 29.3 Å². The number of nitrogens with one attached hydrogen (secondary N) is 2. The summed E-state index contributed by atoms with van der Waals surface area (Å²) in [4.78, 5) is 65.7. The van der Waals surface area contributed by atoms with E-state index in [-0.39, 0.29) is 16.6 Å². The first-order valence-electron chi connectivity index (χ1n) is 11.5. The first kappa shape index (κ1) is 28.2. The van der Waals surface area contributed by atoms with Crippen LogP contribution in [-0.2, 0) is 35.0 Å². The molecule has 4 atom stereocenters. The van der Waals surface area contributed by atoms with Crippen molar-refractivity contribution in [2.24, 2.45) is 11.8 Å². The van der Waals surface area contributed by atoms with Gasteiger partial charge in [-0.3, -0.25) is 19.2 Å². The van der Waals surface area contributed by atoms with Crippen LogP contribution in [0.2, 0.25) is 10.2 Å². The number of halogens is 2. The number of carbonyl (C=O) groups is 4. The topological polar surface area (TPSA) is 141 Å². The third-order valence-corrected chi connectivity index (χ3v) is 6.35. The Balaban J connectivity index is 1.88. The number of aromatic amines is 1. The number of ether oxygens (including phenoxy) is 3. The van der Waals surface area contributed by atoms with Gasteiger partial charge in [-0.2, -0.15) is 0 Å². The van der Waals surface area contributed by atoms with Gasteiger partial charge in [-0.15, -0.1) is 0 Å². The van der Waals surface area contributed by atoms with E-state index in [2.05, 4.69) is 10.3 Å². The van der Waals surface area contributed by atoms with E-state index in [0.717, 1.165) is 11.6 Å². The average molecular weight is 553 g/mol. The van der Waals surface area contributed by atoms with Gasteiger partial charge >= 0.3 is 17.9 Å². The lowest BCUT2D eigenvalue weighted by Crippen LogP contribution is -2.47. The highest BCUT2D eigenvalue weighted by Gasteiger charge is 2.42. The van der Waals surface area contributed by atoms with Gasteiger partial charge < -0.3 is 24.5 Å². The molecule has 2 N–H and O–H groups in total. The zero-order chi connectivity index (χ0) is 27.3. The Morgan fingerprint density at radius 1 is 1.14 bits per heavy atom.